The van der Waals surface area contributed by atoms with E-state index in [2.05, 4.69) is 10.0 Å². The number of amides is 2. The first-order chi connectivity index (χ1) is 11.3. The highest BCUT2D eigenvalue weighted by atomic mass is 32.2. The quantitative estimate of drug-likeness (QED) is 0.707. The number of benzene rings is 1. The molecule has 0 heterocycles. The maximum Gasteiger partial charge on any atom is 0.321 e. The predicted octanol–water partition coefficient (Wildman–Crippen LogP) is 2.01. The summed E-state index contributed by atoms with van der Waals surface area (Å²) >= 11 is 0. The largest absolute Gasteiger partial charge is 0.481 e. The lowest BCUT2D eigenvalue weighted by Gasteiger charge is -2.22. The Labute approximate surface area is 148 Å². The fourth-order valence-electron chi connectivity index (χ4n) is 2.07. The Balaban J connectivity index is 3.01. The molecule has 8 nitrogen and oxygen atoms in total. The summed E-state index contributed by atoms with van der Waals surface area (Å²) in [6.07, 6.45) is -0.174. The van der Waals surface area contributed by atoms with Crippen molar-refractivity contribution in [3.63, 3.8) is 0 Å². The molecule has 0 aliphatic heterocycles. The summed E-state index contributed by atoms with van der Waals surface area (Å²) in [7, 11) is -2.27. The highest BCUT2D eigenvalue weighted by molar-refractivity contribution is 7.89. The molecular weight excluding hydrogens is 346 g/mol. The first-order valence-electron chi connectivity index (χ1n) is 7.71. The first-order valence-corrected chi connectivity index (χ1v) is 9.19. The van der Waals surface area contributed by atoms with E-state index >= 15 is 0 Å². The summed E-state index contributed by atoms with van der Waals surface area (Å²) in [5.74, 6) is -1.00. The number of sulfonamides is 1. The van der Waals surface area contributed by atoms with Gasteiger partial charge in [0.1, 0.15) is 0 Å². The fourth-order valence-corrected chi connectivity index (χ4v) is 3.76. The van der Waals surface area contributed by atoms with E-state index in [0.717, 1.165) is 0 Å². The Hall–Kier alpha value is -2.13. The van der Waals surface area contributed by atoms with Crippen LogP contribution in [0.4, 0.5) is 10.5 Å². The molecule has 0 aromatic heterocycles. The molecule has 2 amide bonds. The average Bonchev–Trinajstić information content (AvgIpc) is 2.43. The topological polar surface area (TPSA) is 116 Å². The van der Waals surface area contributed by atoms with E-state index in [-0.39, 0.29) is 17.9 Å². The second-order valence-corrected chi connectivity index (χ2v) is 8.43. The molecule has 0 bridgehead atoms. The zero-order valence-corrected chi connectivity index (χ0v) is 15.9. The maximum atomic E-state index is 12.5. The first kappa shape index (κ1) is 20.9. The smallest absolute Gasteiger partial charge is 0.321 e. The van der Waals surface area contributed by atoms with Crippen molar-refractivity contribution in [2.45, 2.75) is 44.6 Å². The van der Waals surface area contributed by atoms with E-state index in [1.165, 1.54) is 24.1 Å². The number of rotatable bonds is 6. The van der Waals surface area contributed by atoms with Crippen LogP contribution >= 0.6 is 0 Å². The summed E-state index contributed by atoms with van der Waals surface area (Å²) in [4.78, 5) is 24.0. The lowest BCUT2D eigenvalue weighted by atomic mass is 10.1. The number of nitrogens with zero attached hydrogens (tertiary/aromatic N) is 1. The van der Waals surface area contributed by atoms with Gasteiger partial charge in [0.2, 0.25) is 10.0 Å². The number of nitrogens with one attached hydrogen (secondary N) is 2. The lowest BCUT2D eigenvalue weighted by Crippen LogP contribution is -2.40. The summed E-state index contributed by atoms with van der Waals surface area (Å²) in [6.45, 7) is 6.86. The number of urea groups is 1. The number of carbonyl (C=O) groups is 2. The fraction of sp³-hybridized carbons (Fsp3) is 0.500. The maximum absolute atomic E-state index is 12.5. The molecule has 0 atom stereocenters. The Kier molecular flexibility index (Phi) is 6.55. The minimum Gasteiger partial charge on any atom is -0.481 e. The van der Waals surface area contributed by atoms with E-state index < -0.39 is 27.6 Å². The number of carbonyl (C=O) groups excluding carboxylic acids is 1. The molecule has 0 radical (unpaired) electrons. The van der Waals surface area contributed by atoms with Crippen molar-refractivity contribution < 1.29 is 23.1 Å². The van der Waals surface area contributed by atoms with Gasteiger partial charge in [0, 0.05) is 24.8 Å². The van der Waals surface area contributed by atoms with Gasteiger partial charge in [-0.25, -0.2) is 17.9 Å². The molecule has 1 rings (SSSR count). The van der Waals surface area contributed by atoms with Crippen LogP contribution in [0, 0.1) is 6.92 Å². The number of carboxylic acid groups (broad SMARTS) is 1. The van der Waals surface area contributed by atoms with Crippen LogP contribution in [-0.2, 0) is 14.8 Å². The molecule has 140 valence electrons. The summed E-state index contributed by atoms with van der Waals surface area (Å²) < 4.78 is 27.6. The van der Waals surface area contributed by atoms with Crippen LogP contribution in [0.3, 0.4) is 0 Å². The van der Waals surface area contributed by atoms with E-state index in [4.69, 9.17) is 5.11 Å². The Morgan fingerprint density at radius 1 is 1.24 bits per heavy atom. The van der Waals surface area contributed by atoms with Crippen LogP contribution in [0.25, 0.3) is 0 Å². The number of hydrogen-bond donors (Lipinski definition) is 3. The molecular formula is C16H25N3O5S. The van der Waals surface area contributed by atoms with Gasteiger partial charge in [-0.1, -0.05) is 6.07 Å². The molecule has 0 aliphatic rings. The Bertz CT molecular complexity index is 754. The summed E-state index contributed by atoms with van der Waals surface area (Å²) in [6, 6.07) is 4.08. The normalized spacial score (nSPS) is 11.9. The molecule has 0 unspecified atom stereocenters. The molecule has 0 saturated carbocycles. The molecule has 3 N–H and O–H groups in total. The number of aliphatic carboxylic acids is 1. The van der Waals surface area contributed by atoms with Gasteiger partial charge < -0.3 is 15.3 Å². The van der Waals surface area contributed by atoms with Crippen LogP contribution in [-0.4, -0.2) is 49.6 Å². The summed E-state index contributed by atoms with van der Waals surface area (Å²) in [5.41, 5.74) is 0.116. The third-order valence-corrected chi connectivity index (χ3v) is 5.17. The van der Waals surface area contributed by atoms with Crippen molar-refractivity contribution >= 4 is 27.7 Å². The van der Waals surface area contributed by atoms with Crippen LogP contribution in [0.1, 0.15) is 32.8 Å². The van der Waals surface area contributed by atoms with E-state index in [1.54, 1.807) is 33.8 Å². The van der Waals surface area contributed by atoms with E-state index in [0.29, 0.717) is 11.3 Å². The predicted molar refractivity (Wildman–Crippen MR) is 95.2 cm³/mol. The second-order valence-electron chi connectivity index (χ2n) is 6.78. The van der Waals surface area contributed by atoms with Crippen molar-refractivity contribution in [3.05, 3.63) is 23.8 Å². The van der Waals surface area contributed by atoms with Gasteiger partial charge in [-0.2, -0.15) is 0 Å². The highest BCUT2D eigenvalue weighted by Crippen LogP contribution is 2.24. The van der Waals surface area contributed by atoms with Crippen molar-refractivity contribution in [2.24, 2.45) is 0 Å². The Morgan fingerprint density at radius 2 is 1.84 bits per heavy atom. The zero-order valence-electron chi connectivity index (χ0n) is 15.1. The third-order valence-electron chi connectivity index (χ3n) is 3.26. The van der Waals surface area contributed by atoms with Crippen LogP contribution in [0.15, 0.2) is 23.1 Å². The van der Waals surface area contributed by atoms with Gasteiger partial charge >= 0.3 is 12.0 Å². The van der Waals surface area contributed by atoms with Gasteiger partial charge in [-0.05, 0) is 45.4 Å². The van der Waals surface area contributed by atoms with Gasteiger partial charge in [-0.15, -0.1) is 0 Å². The van der Waals surface area contributed by atoms with E-state index in [1.807, 2.05) is 0 Å². The second kappa shape index (κ2) is 7.83. The number of hydrogen-bond acceptors (Lipinski definition) is 4. The molecule has 0 spiro atoms. The van der Waals surface area contributed by atoms with E-state index in [9.17, 15) is 18.0 Å². The van der Waals surface area contributed by atoms with Gasteiger partial charge in [0.05, 0.1) is 11.3 Å². The van der Waals surface area contributed by atoms with Gasteiger partial charge in [0.15, 0.2) is 0 Å². The van der Waals surface area contributed by atoms with Crippen molar-refractivity contribution in [2.75, 3.05) is 18.9 Å². The van der Waals surface area contributed by atoms with Gasteiger partial charge in [-0.3, -0.25) is 4.79 Å². The molecule has 0 saturated heterocycles. The molecule has 25 heavy (non-hydrogen) atoms. The SMILES string of the molecule is Cc1c(NC(=O)N(C)CCC(=O)O)cccc1S(=O)(=O)NC(C)(C)C. The van der Waals surface area contributed by atoms with Crippen LogP contribution < -0.4 is 10.0 Å². The molecule has 9 heteroatoms. The molecule has 1 aromatic rings. The molecule has 0 aliphatic carbocycles. The Morgan fingerprint density at radius 3 is 2.36 bits per heavy atom. The number of carboxylic acids is 1. The molecule has 1 aromatic carbocycles. The summed E-state index contributed by atoms with van der Waals surface area (Å²) in [5, 5.41) is 11.3. The van der Waals surface area contributed by atoms with Crippen molar-refractivity contribution in [3.8, 4) is 0 Å². The van der Waals surface area contributed by atoms with Gasteiger partial charge in [0.25, 0.3) is 0 Å². The average molecular weight is 371 g/mol. The standard InChI is InChI=1S/C16H25N3O5S/c1-11-12(17-15(22)19(5)10-9-14(20)21)7-6-8-13(11)25(23,24)18-16(2,3)4/h6-8,18H,9-10H2,1-5H3,(H,17,22)(H,20,21). The van der Waals surface area contributed by atoms with Crippen LogP contribution in [0.5, 0.6) is 0 Å². The van der Waals surface area contributed by atoms with Crippen LogP contribution in [0.2, 0.25) is 0 Å². The third kappa shape index (κ3) is 6.35. The minimum atomic E-state index is -3.74. The lowest BCUT2D eigenvalue weighted by molar-refractivity contribution is -0.137. The van der Waals surface area contributed by atoms with Crippen molar-refractivity contribution in [1.82, 2.24) is 9.62 Å². The number of anilines is 1. The monoisotopic (exact) mass is 371 g/mol. The minimum absolute atomic E-state index is 0.0454. The molecule has 0 fully saturated rings. The van der Waals surface area contributed by atoms with Crippen molar-refractivity contribution in [1.29, 1.82) is 0 Å². The zero-order chi connectivity index (χ0) is 19.4. The highest BCUT2D eigenvalue weighted by Gasteiger charge is 2.24.